The van der Waals surface area contributed by atoms with Crippen LogP contribution in [0, 0.1) is 0 Å². The molecular formula is C30H36N6O6S. The molecule has 1 aliphatic rings. The normalized spacial score (nSPS) is 14.1. The fraction of sp³-hybridized carbons (Fsp3) is 0.433. The first-order chi connectivity index (χ1) is 20.5. The van der Waals surface area contributed by atoms with E-state index in [0.717, 1.165) is 0 Å². The number of aromatic nitrogens is 3. The maximum Gasteiger partial charge on any atom is 0.409 e. The van der Waals surface area contributed by atoms with Crippen molar-refractivity contribution in [2.75, 3.05) is 32.8 Å². The minimum Gasteiger partial charge on any atom is -0.460 e. The molecule has 0 aliphatic carbocycles. The van der Waals surface area contributed by atoms with E-state index in [1.165, 1.54) is 22.3 Å². The predicted octanol–water partition coefficient (Wildman–Crippen LogP) is 3.79. The lowest BCUT2D eigenvalue weighted by Gasteiger charge is -2.36. The second-order valence-electron chi connectivity index (χ2n) is 10.8. The summed E-state index contributed by atoms with van der Waals surface area (Å²) >= 11 is 1.38. The van der Waals surface area contributed by atoms with Crippen LogP contribution in [0.2, 0.25) is 0 Å². The van der Waals surface area contributed by atoms with E-state index < -0.39 is 29.6 Å². The maximum absolute atomic E-state index is 13.7. The Morgan fingerprint density at radius 2 is 1.72 bits per heavy atom. The fourth-order valence-corrected chi connectivity index (χ4v) is 5.03. The van der Waals surface area contributed by atoms with Gasteiger partial charge in [-0.25, -0.2) is 19.7 Å². The van der Waals surface area contributed by atoms with Crippen molar-refractivity contribution in [3.05, 3.63) is 53.7 Å². The molecule has 3 amide bonds. The molecule has 0 bridgehead atoms. The fourth-order valence-electron chi connectivity index (χ4n) is 4.43. The molecule has 3 aromatic rings. The number of benzene rings is 1. The minimum absolute atomic E-state index is 0.0214. The van der Waals surface area contributed by atoms with Crippen molar-refractivity contribution in [1.29, 1.82) is 0 Å². The van der Waals surface area contributed by atoms with Crippen molar-refractivity contribution >= 4 is 35.2 Å². The summed E-state index contributed by atoms with van der Waals surface area (Å²) < 4.78 is 10.5. The van der Waals surface area contributed by atoms with Crippen LogP contribution in [0.3, 0.4) is 0 Å². The number of esters is 1. The molecule has 1 N–H and O–H groups in total. The molecule has 0 saturated carbocycles. The van der Waals surface area contributed by atoms with Crippen LogP contribution >= 0.6 is 11.3 Å². The first kappa shape index (κ1) is 31.5. The van der Waals surface area contributed by atoms with E-state index in [9.17, 15) is 19.2 Å². The van der Waals surface area contributed by atoms with Gasteiger partial charge in [0.2, 0.25) is 5.91 Å². The van der Waals surface area contributed by atoms with E-state index in [0.29, 0.717) is 35.2 Å². The molecular weight excluding hydrogens is 572 g/mol. The largest absolute Gasteiger partial charge is 0.460 e. The molecule has 1 aliphatic heterocycles. The lowest BCUT2D eigenvalue weighted by molar-refractivity contribution is -0.155. The molecule has 13 heteroatoms. The van der Waals surface area contributed by atoms with Crippen LogP contribution in [-0.2, 0) is 19.1 Å². The monoisotopic (exact) mass is 608 g/mol. The Labute approximate surface area is 254 Å². The van der Waals surface area contributed by atoms with Gasteiger partial charge in [0.1, 0.15) is 28.0 Å². The number of hydrogen-bond donors (Lipinski definition) is 1. The predicted molar refractivity (Wildman–Crippen MR) is 160 cm³/mol. The summed E-state index contributed by atoms with van der Waals surface area (Å²) in [6, 6.07) is 9.75. The average Bonchev–Trinajstić information content (AvgIpc) is 3.54. The number of piperazine rings is 1. The lowest BCUT2D eigenvalue weighted by atomic mass is 10.1. The van der Waals surface area contributed by atoms with Gasteiger partial charge in [-0.3, -0.25) is 14.4 Å². The van der Waals surface area contributed by atoms with Crippen molar-refractivity contribution in [2.45, 2.75) is 52.2 Å². The maximum atomic E-state index is 13.7. The smallest absolute Gasteiger partial charge is 0.409 e. The van der Waals surface area contributed by atoms with Crippen LogP contribution in [0.25, 0.3) is 22.1 Å². The van der Waals surface area contributed by atoms with Gasteiger partial charge in [0.25, 0.3) is 5.91 Å². The summed E-state index contributed by atoms with van der Waals surface area (Å²) in [4.78, 5) is 68.6. The summed E-state index contributed by atoms with van der Waals surface area (Å²) in [5.74, 6) is -1.10. The number of nitrogens with zero attached hydrogens (tertiary/aromatic N) is 5. The van der Waals surface area contributed by atoms with E-state index in [1.54, 1.807) is 38.8 Å². The van der Waals surface area contributed by atoms with Crippen molar-refractivity contribution < 1.29 is 28.7 Å². The Bertz CT molecular complexity index is 1420. The molecule has 1 aromatic carbocycles. The van der Waals surface area contributed by atoms with Crippen LogP contribution < -0.4 is 5.32 Å². The zero-order valence-corrected chi connectivity index (χ0v) is 25.6. The number of thiazole rings is 1. The number of nitrogens with one attached hydrogen (secondary N) is 1. The highest BCUT2D eigenvalue weighted by atomic mass is 32.1. The summed E-state index contributed by atoms with van der Waals surface area (Å²) in [5, 5.41) is 5.23. The number of ether oxygens (including phenoxy) is 2. The molecule has 228 valence electrons. The highest BCUT2D eigenvalue weighted by Crippen LogP contribution is 2.24. The average molecular weight is 609 g/mol. The van der Waals surface area contributed by atoms with E-state index >= 15 is 0 Å². The van der Waals surface area contributed by atoms with E-state index in [4.69, 9.17) is 9.47 Å². The highest BCUT2D eigenvalue weighted by Gasteiger charge is 2.32. The summed E-state index contributed by atoms with van der Waals surface area (Å²) in [7, 11) is 0. The molecule has 1 atom stereocenters. The SMILES string of the molecule is CCOC(=O)N1CCN(C(=O)[C@H](CCC(=O)OC(C)(C)C)NC(=O)c2cc(-c3nccs3)nc(-c3ccccc3)n2)CC1. The molecule has 1 saturated heterocycles. The van der Waals surface area contributed by atoms with Crippen molar-refractivity contribution in [1.82, 2.24) is 30.1 Å². The van der Waals surface area contributed by atoms with Gasteiger partial charge in [0.15, 0.2) is 5.82 Å². The van der Waals surface area contributed by atoms with Gasteiger partial charge >= 0.3 is 12.1 Å². The Kier molecular flexibility index (Phi) is 10.4. The van der Waals surface area contributed by atoms with Gasteiger partial charge in [-0.1, -0.05) is 30.3 Å². The van der Waals surface area contributed by atoms with Gasteiger partial charge in [0, 0.05) is 49.7 Å². The molecule has 3 heterocycles. The Morgan fingerprint density at radius 3 is 2.35 bits per heavy atom. The number of hydrogen-bond acceptors (Lipinski definition) is 10. The van der Waals surface area contributed by atoms with Crippen molar-refractivity contribution in [2.24, 2.45) is 0 Å². The lowest BCUT2D eigenvalue weighted by Crippen LogP contribution is -2.56. The van der Waals surface area contributed by atoms with E-state index in [-0.39, 0.29) is 44.1 Å². The third-order valence-corrected chi connectivity index (χ3v) is 7.22. The molecule has 2 aromatic heterocycles. The van der Waals surface area contributed by atoms with Crippen LogP contribution in [0.15, 0.2) is 48.0 Å². The minimum atomic E-state index is -1.03. The van der Waals surface area contributed by atoms with Gasteiger partial charge in [-0.05, 0) is 40.2 Å². The van der Waals surface area contributed by atoms with Gasteiger partial charge in [-0.2, -0.15) is 0 Å². The van der Waals surface area contributed by atoms with E-state index in [2.05, 4.69) is 20.3 Å². The zero-order valence-electron chi connectivity index (χ0n) is 24.7. The quantitative estimate of drug-likeness (QED) is 0.359. The van der Waals surface area contributed by atoms with Crippen LogP contribution in [-0.4, -0.2) is 93.1 Å². The molecule has 1 fully saturated rings. The van der Waals surface area contributed by atoms with Gasteiger partial charge in [0.05, 0.1) is 6.61 Å². The molecule has 0 radical (unpaired) electrons. The Hall–Kier alpha value is -4.39. The second-order valence-corrected chi connectivity index (χ2v) is 11.7. The topological polar surface area (TPSA) is 144 Å². The first-order valence-corrected chi connectivity index (χ1v) is 15.0. The third-order valence-electron chi connectivity index (χ3n) is 6.42. The summed E-state index contributed by atoms with van der Waals surface area (Å²) in [6.45, 7) is 8.38. The van der Waals surface area contributed by atoms with Crippen LogP contribution in [0.4, 0.5) is 4.79 Å². The molecule has 0 spiro atoms. The van der Waals surface area contributed by atoms with E-state index in [1.807, 2.05) is 35.7 Å². The number of carbonyl (C=O) groups excluding carboxylic acids is 4. The van der Waals surface area contributed by atoms with Crippen molar-refractivity contribution in [3.63, 3.8) is 0 Å². The summed E-state index contributed by atoms with van der Waals surface area (Å²) in [6.07, 6.45) is 1.16. The molecule has 4 rings (SSSR count). The zero-order chi connectivity index (χ0) is 31.0. The molecule has 0 unspecified atom stereocenters. The molecule has 43 heavy (non-hydrogen) atoms. The van der Waals surface area contributed by atoms with Crippen molar-refractivity contribution in [3.8, 4) is 22.1 Å². The first-order valence-electron chi connectivity index (χ1n) is 14.1. The number of amides is 3. The number of rotatable bonds is 9. The standard InChI is InChI=1S/C30H36N6O6S/c1-5-41-29(40)36-16-14-35(15-17-36)28(39)21(11-12-24(37)42-30(2,3)4)34-26(38)22-19-23(27-31-13-18-43-27)33-25(32-22)20-9-7-6-8-10-20/h6-10,13,18-19,21H,5,11-12,14-17H2,1-4H3,(H,34,38)/t21-/m0/s1. The summed E-state index contributed by atoms with van der Waals surface area (Å²) in [5.41, 5.74) is 0.554. The Morgan fingerprint density at radius 1 is 1.02 bits per heavy atom. The second kappa shape index (κ2) is 14.2. The molecule has 12 nitrogen and oxygen atoms in total. The van der Waals surface area contributed by atoms with Crippen LogP contribution in [0.5, 0.6) is 0 Å². The number of carbonyl (C=O) groups is 4. The Balaban J connectivity index is 1.56. The van der Waals surface area contributed by atoms with Crippen LogP contribution in [0.1, 0.15) is 51.0 Å². The third kappa shape index (κ3) is 8.80. The van der Waals surface area contributed by atoms with Gasteiger partial charge < -0.3 is 24.6 Å². The van der Waals surface area contributed by atoms with Gasteiger partial charge in [-0.15, -0.1) is 11.3 Å². The highest BCUT2D eigenvalue weighted by molar-refractivity contribution is 7.13.